The molecule has 0 aromatic heterocycles. The number of nitrogens with one attached hydrogen (secondary N) is 1. The van der Waals surface area contributed by atoms with E-state index >= 15 is 0 Å². The summed E-state index contributed by atoms with van der Waals surface area (Å²) in [5.74, 6) is 0.264. The predicted molar refractivity (Wildman–Crippen MR) is 61.5 cm³/mol. The Bertz CT molecular complexity index is 402. The number of likely N-dealkylation sites (N-methyl/N-ethyl adjacent to an activating group) is 1. The van der Waals surface area contributed by atoms with Crippen LogP contribution in [0.1, 0.15) is 12.5 Å². The van der Waals surface area contributed by atoms with E-state index in [0.717, 1.165) is 5.56 Å². The van der Waals surface area contributed by atoms with E-state index in [4.69, 9.17) is 0 Å². The second-order valence-corrected chi connectivity index (χ2v) is 4.62. The third-order valence-corrected chi connectivity index (χ3v) is 3.13. The highest BCUT2D eigenvalue weighted by Crippen LogP contribution is 2.27. The molecule has 0 bridgehead atoms. The van der Waals surface area contributed by atoms with Crippen LogP contribution in [-0.4, -0.2) is 36.2 Å². The molecule has 1 aromatic carbocycles. The summed E-state index contributed by atoms with van der Waals surface area (Å²) in [5, 5.41) is 12.1. The number of hydrogen-bond donors (Lipinski definition) is 2. The Morgan fingerprint density at radius 2 is 2.00 bits per heavy atom. The summed E-state index contributed by atoms with van der Waals surface area (Å²) in [4.78, 5) is 13.0. The number of urea groups is 1. The molecule has 0 spiro atoms. The molecule has 0 aliphatic carbocycles. The molecule has 2 rings (SSSR count). The maximum absolute atomic E-state index is 11.3. The van der Waals surface area contributed by atoms with Crippen molar-refractivity contribution in [3.05, 3.63) is 29.8 Å². The molecule has 2 amide bonds. The molecule has 1 saturated heterocycles. The Morgan fingerprint density at radius 3 is 2.56 bits per heavy atom. The van der Waals surface area contributed by atoms with Crippen LogP contribution in [0.25, 0.3) is 0 Å². The molecular weight excluding hydrogens is 204 g/mol. The number of hydrogen-bond acceptors (Lipinski definition) is 2. The molecule has 1 fully saturated rings. The van der Waals surface area contributed by atoms with Crippen molar-refractivity contribution >= 4 is 6.03 Å². The number of carbonyl (C=O) groups is 1. The van der Waals surface area contributed by atoms with Gasteiger partial charge < -0.3 is 15.3 Å². The summed E-state index contributed by atoms with van der Waals surface area (Å²) in [6, 6.07) is 7.13. The zero-order valence-electron chi connectivity index (χ0n) is 9.53. The normalized spacial score (nSPS) is 25.4. The lowest BCUT2D eigenvalue weighted by molar-refractivity contribution is 0.174. The van der Waals surface area contributed by atoms with Crippen LogP contribution in [0.4, 0.5) is 4.79 Å². The highest BCUT2D eigenvalue weighted by molar-refractivity contribution is 5.75. The Balaban J connectivity index is 2.25. The molecule has 4 nitrogen and oxygen atoms in total. The van der Waals surface area contributed by atoms with E-state index in [9.17, 15) is 9.90 Å². The fourth-order valence-electron chi connectivity index (χ4n) is 2.11. The first-order valence-electron chi connectivity index (χ1n) is 5.30. The van der Waals surface area contributed by atoms with Crippen molar-refractivity contribution in [2.75, 3.05) is 20.1 Å². The molecular formula is C12H16N2O2. The van der Waals surface area contributed by atoms with E-state index in [0.29, 0.717) is 13.1 Å². The number of rotatable bonds is 1. The Kier molecular flexibility index (Phi) is 2.50. The second-order valence-electron chi connectivity index (χ2n) is 4.62. The summed E-state index contributed by atoms with van der Waals surface area (Å²) in [6.07, 6.45) is 0. The zero-order chi connectivity index (χ0) is 11.8. The lowest BCUT2D eigenvalue weighted by Gasteiger charge is -2.39. The van der Waals surface area contributed by atoms with E-state index in [1.165, 1.54) is 0 Å². The maximum atomic E-state index is 11.3. The zero-order valence-corrected chi connectivity index (χ0v) is 9.53. The average molecular weight is 220 g/mol. The third kappa shape index (κ3) is 1.83. The molecule has 1 aliphatic rings. The largest absolute Gasteiger partial charge is 0.508 e. The van der Waals surface area contributed by atoms with Crippen LogP contribution in [0.2, 0.25) is 0 Å². The molecule has 2 N–H and O–H groups in total. The van der Waals surface area contributed by atoms with Crippen LogP contribution in [0.5, 0.6) is 5.75 Å². The lowest BCUT2D eigenvalue weighted by Crippen LogP contribution is -2.56. The van der Waals surface area contributed by atoms with Crippen molar-refractivity contribution in [1.82, 2.24) is 10.2 Å². The van der Waals surface area contributed by atoms with Gasteiger partial charge in [-0.15, -0.1) is 0 Å². The maximum Gasteiger partial charge on any atom is 0.317 e. The first-order chi connectivity index (χ1) is 7.51. The number of phenolic OH excluding ortho intramolecular Hbond substituents is 1. The van der Waals surface area contributed by atoms with Crippen molar-refractivity contribution in [3.63, 3.8) is 0 Å². The number of carbonyl (C=O) groups excluding carboxylic acids is 1. The van der Waals surface area contributed by atoms with E-state index < -0.39 is 0 Å². The predicted octanol–water partition coefficient (Wildman–Crippen LogP) is 1.30. The molecule has 1 aromatic rings. The monoisotopic (exact) mass is 220 g/mol. The number of aromatic hydroxyl groups is 1. The topological polar surface area (TPSA) is 52.6 Å². The minimum atomic E-state index is -0.101. The molecule has 86 valence electrons. The molecule has 0 radical (unpaired) electrons. The molecule has 1 atom stereocenters. The number of nitrogens with zero attached hydrogens (tertiary/aromatic N) is 1. The molecule has 1 heterocycles. The molecule has 16 heavy (non-hydrogen) atoms. The van der Waals surface area contributed by atoms with Gasteiger partial charge in [-0.25, -0.2) is 4.79 Å². The van der Waals surface area contributed by atoms with Crippen LogP contribution >= 0.6 is 0 Å². The van der Waals surface area contributed by atoms with Gasteiger partial charge in [-0.3, -0.25) is 0 Å². The van der Waals surface area contributed by atoms with Crippen molar-refractivity contribution < 1.29 is 9.90 Å². The van der Waals surface area contributed by atoms with Crippen LogP contribution in [-0.2, 0) is 5.41 Å². The van der Waals surface area contributed by atoms with E-state index in [-0.39, 0.29) is 17.2 Å². The van der Waals surface area contributed by atoms with Gasteiger partial charge in [0.2, 0.25) is 0 Å². The van der Waals surface area contributed by atoms with Gasteiger partial charge in [0.05, 0.1) is 0 Å². The second kappa shape index (κ2) is 3.70. The van der Waals surface area contributed by atoms with Gasteiger partial charge in [0.1, 0.15) is 5.75 Å². The van der Waals surface area contributed by atoms with Gasteiger partial charge >= 0.3 is 6.03 Å². The van der Waals surface area contributed by atoms with Crippen molar-refractivity contribution in [2.24, 2.45) is 0 Å². The van der Waals surface area contributed by atoms with E-state index in [2.05, 4.69) is 12.2 Å². The van der Waals surface area contributed by atoms with Crippen molar-refractivity contribution in [2.45, 2.75) is 12.3 Å². The lowest BCUT2D eigenvalue weighted by atomic mass is 9.81. The SMILES string of the molecule is CN1CC(C)(c2ccc(O)cc2)CNC1=O. The van der Waals surface area contributed by atoms with Crippen LogP contribution in [0, 0.1) is 0 Å². The molecule has 4 heteroatoms. The summed E-state index contributed by atoms with van der Waals surface area (Å²) in [6.45, 7) is 3.42. The Labute approximate surface area is 94.9 Å². The fourth-order valence-corrected chi connectivity index (χ4v) is 2.11. The molecule has 1 aliphatic heterocycles. The van der Waals surface area contributed by atoms with Crippen molar-refractivity contribution in [3.8, 4) is 5.75 Å². The Morgan fingerprint density at radius 1 is 1.38 bits per heavy atom. The van der Waals surface area contributed by atoms with E-state index in [1.54, 1.807) is 24.1 Å². The number of benzene rings is 1. The van der Waals surface area contributed by atoms with E-state index in [1.807, 2.05) is 12.1 Å². The van der Waals surface area contributed by atoms with Crippen LogP contribution in [0.3, 0.4) is 0 Å². The van der Waals surface area contributed by atoms with Crippen LogP contribution < -0.4 is 5.32 Å². The van der Waals surface area contributed by atoms with Gasteiger partial charge in [-0.05, 0) is 17.7 Å². The van der Waals surface area contributed by atoms with Crippen LogP contribution in [0.15, 0.2) is 24.3 Å². The van der Waals surface area contributed by atoms with Gasteiger partial charge in [0.25, 0.3) is 0 Å². The summed E-state index contributed by atoms with van der Waals surface area (Å²) in [7, 11) is 1.78. The first kappa shape index (κ1) is 10.8. The third-order valence-electron chi connectivity index (χ3n) is 3.13. The standard InChI is InChI=1S/C12H16N2O2/c1-12(7-13-11(16)14(2)8-12)9-3-5-10(15)6-4-9/h3-6,15H,7-8H2,1-2H3,(H,13,16). The van der Waals surface area contributed by atoms with Gasteiger partial charge in [0.15, 0.2) is 0 Å². The minimum Gasteiger partial charge on any atom is -0.508 e. The summed E-state index contributed by atoms with van der Waals surface area (Å²) < 4.78 is 0. The molecule has 1 unspecified atom stereocenters. The Hall–Kier alpha value is -1.71. The van der Waals surface area contributed by atoms with Gasteiger partial charge in [0, 0.05) is 25.6 Å². The highest BCUT2D eigenvalue weighted by Gasteiger charge is 2.34. The summed E-state index contributed by atoms with van der Waals surface area (Å²) >= 11 is 0. The molecule has 0 saturated carbocycles. The number of phenols is 1. The van der Waals surface area contributed by atoms with Gasteiger partial charge in [-0.2, -0.15) is 0 Å². The fraction of sp³-hybridized carbons (Fsp3) is 0.417. The summed E-state index contributed by atoms with van der Waals surface area (Å²) in [5.41, 5.74) is 1.02. The quantitative estimate of drug-likeness (QED) is 0.749. The first-order valence-corrected chi connectivity index (χ1v) is 5.30. The highest BCUT2D eigenvalue weighted by atomic mass is 16.3. The average Bonchev–Trinajstić information content (AvgIpc) is 2.25. The van der Waals surface area contributed by atoms with Gasteiger partial charge in [-0.1, -0.05) is 19.1 Å². The number of amides is 2. The minimum absolute atomic E-state index is 0.0312. The smallest absolute Gasteiger partial charge is 0.317 e. The van der Waals surface area contributed by atoms with Crippen molar-refractivity contribution in [1.29, 1.82) is 0 Å².